The quantitative estimate of drug-likeness (QED) is 0.215. The maximum atomic E-state index is 11.4. The van der Waals surface area contributed by atoms with Gasteiger partial charge in [0.25, 0.3) is 20.2 Å². The van der Waals surface area contributed by atoms with Gasteiger partial charge in [0.15, 0.2) is 0 Å². The molecule has 0 atom stereocenters. The largest absolute Gasteiger partial charge is 0.398 e. The fourth-order valence-corrected chi connectivity index (χ4v) is 3.83. The summed E-state index contributed by atoms with van der Waals surface area (Å²) in [5.41, 5.74) is 11.1. The minimum absolute atomic E-state index is 0.112. The molecule has 0 saturated heterocycles. The van der Waals surface area contributed by atoms with E-state index in [1.807, 2.05) is 0 Å². The average molecular weight is 488 g/mol. The molecule has 0 amide bonds. The van der Waals surface area contributed by atoms with E-state index >= 15 is 0 Å². The Kier molecular flexibility index (Phi) is 5.88. The zero-order valence-electron chi connectivity index (χ0n) is 15.2. The molecule has 8 N–H and O–H groups in total. The number of halogens is 1. The van der Waals surface area contributed by atoms with Crippen molar-refractivity contribution in [3.8, 4) is 0 Å². The molecule has 13 nitrogen and oxygen atoms in total. The highest BCUT2D eigenvalue weighted by atomic mass is 35.5. The molecule has 1 heterocycles. The summed E-state index contributed by atoms with van der Waals surface area (Å²) in [6, 6.07) is 7.44. The lowest BCUT2D eigenvalue weighted by atomic mass is 10.3. The number of benzene rings is 2. The van der Waals surface area contributed by atoms with Crippen LogP contribution in [0.2, 0.25) is 5.28 Å². The summed E-state index contributed by atoms with van der Waals surface area (Å²) < 4.78 is 64.1. The van der Waals surface area contributed by atoms with Crippen LogP contribution < -0.4 is 22.1 Å². The summed E-state index contributed by atoms with van der Waals surface area (Å²) in [6.07, 6.45) is 0. The van der Waals surface area contributed by atoms with Crippen LogP contribution >= 0.6 is 11.6 Å². The van der Waals surface area contributed by atoms with Crippen LogP contribution in [0.4, 0.5) is 34.6 Å². The number of hydrogen-bond donors (Lipinski definition) is 6. The van der Waals surface area contributed by atoms with Crippen molar-refractivity contribution in [1.82, 2.24) is 15.0 Å². The topological polar surface area (TPSA) is 224 Å². The Morgan fingerprint density at radius 2 is 1.13 bits per heavy atom. The second kappa shape index (κ2) is 8.12. The van der Waals surface area contributed by atoms with E-state index in [9.17, 15) is 25.9 Å². The summed E-state index contributed by atoms with van der Waals surface area (Å²) in [7, 11) is -9.12. The Hall–Kier alpha value is -3.24. The molecule has 0 spiro atoms. The monoisotopic (exact) mass is 487 g/mol. The minimum Gasteiger partial charge on any atom is -0.398 e. The van der Waals surface area contributed by atoms with Crippen LogP contribution in [0.15, 0.2) is 46.2 Å². The summed E-state index contributed by atoms with van der Waals surface area (Å²) >= 11 is 5.89. The van der Waals surface area contributed by atoms with Crippen molar-refractivity contribution in [3.05, 3.63) is 41.7 Å². The maximum Gasteiger partial charge on any atom is 0.296 e. The molecule has 0 aliphatic rings. The lowest BCUT2D eigenvalue weighted by molar-refractivity contribution is 0.481. The van der Waals surface area contributed by atoms with E-state index in [1.54, 1.807) is 0 Å². The van der Waals surface area contributed by atoms with Gasteiger partial charge in [0.2, 0.25) is 17.2 Å². The summed E-state index contributed by atoms with van der Waals surface area (Å²) in [5, 5.41) is 5.11. The molecule has 16 heteroatoms. The van der Waals surface area contributed by atoms with Crippen molar-refractivity contribution < 1.29 is 25.9 Å². The van der Waals surface area contributed by atoms with Gasteiger partial charge in [0, 0.05) is 11.4 Å². The van der Waals surface area contributed by atoms with Crippen molar-refractivity contribution >= 4 is 66.5 Å². The van der Waals surface area contributed by atoms with Gasteiger partial charge in [0.1, 0.15) is 9.79 Å². The van der Waals surface area contributed by atoms with Crippen LogP contribution in [0, 0.1) is 0 Å². The smallest absolute Gasteiger partial charge is 0.296 e. The van der Waals surface area contributed by atoms with Crippen molar-refractivity contribution in [2.75, 3.05) is 22.1 Å². The third-order valence-corrected chi connectivity index (χ3v) is 5.69. The lowest BCUT2D eigenvalue weighted by Crippen LogP contribution is -2.07. The zero-order valence-corrected chi connectivity index (χ0v) is 17.6. The molecule has 2 aromatic carbocycles. The number of nitrogens with one attached hydrogen (secondary N) is 2. The highest BCUT2D eigenvalue weighted by molar-refractivity contribution is 7.86. The van der Waals surface area contributed by atoms with Crippen molar-refractivity contribution in [2.45, 2.75) is 9.79 Å². The highest BCUT2D eigenvalue weighted by Crippen LogP contribution is 2.26. The number of nitrogens with zero attached hydrogens (tertiary/aromatic N) is 3. The first-order valence-corrected chi connectivity index (χ1v) is 11.3. The van der Waals surface area contributed by atoms with Gasteiger partial charge in [-0.1, -0.05) is 0 Å². The molecule has 31 heavy (non-hydrogen) atoms. The first-order chi connectivity index (χ1) is 14.3. The molecular weight excluding hydrogens is 474 g/mol. The normalized spacial score (nSPS) is 11.8. The first-order valence-electron chi connectivity index (χ1n) is 8.02. The van der Waals surface area contributed by atoms with Crippen LogP contribution in [0.25, 0.3) is 0 Å². The molecule has 0 aliphatic carbocycles. The van der Waals surface area contributed by atoms with Gasteiger partial charge in [-0.05, 0) is 48.0 Å². The van der Waals surface area contributed by atoms with Gasteiger partial charge in [-0.15, -0.1) is 0 Å². The SMILES string of the molecule is Nc1ccc(Nc2nc(Cl)nc(Nc3ccc(N)c(S(=O)(=O)O)c3)n2)cc1S(=O)(=O)O. The summed E-state index contributed by atoms with van der Waals surface area (Å²) in [4.78, 5) is 10.7. The molecule has 0 saturated carbocycles. The van der Waals surface area contributed by atoms with Crippen LogP contribution in [-0.2, 0) is 20.2 Å². The third kappa shape index (κ3) is 5.47. The Balaban J connectivity index is 1.92. The van der Waals surface area contributed by atoms with Crippen LogP contribution in [0.1, 0.15) is 0 Å². The molecule has 3 rings (SSSR count). The molecular formula is C15H14ClN7O6S2. The van der Waals surface area contributed by atoms with E-state index in [0.29, 0.717) is 0 Å². The second-order valence-electron chi connectivity index (χ2n) is 5.96. The molecule has 0 radical (unpaired) electrons. The minimum atomic E-state index is -4.56. The maximum absolute atomic E-state index is 11.4. The van der Waals surface area contributed by atoms with Gasteiger partial charge in [0.05, 0.1) is 11.4 Å². The van der Waals surface area contributed by atoms with Gasteiger partial charge >= 0.3 is 0 Å². The Morgan fingerprint density at radius 1 is 0.742 bits per heavy atom. The van der Waals surface area contributed by atoms with E-state index in [-0.39, 0.29) is 39.9 Å². The average Bonchev–Trinajstić information content (AvgIpc) is 2.62. The van der Waals surface area contributed by atoms with E-state index in [2.05, 4.69) is 25.6 Å². The first kappa shape index (κ1) is 22.4. The Labute approximate surface area is 181 Å². The van der Waals surface area contributed by atoms with Crippen molar-refractivity contribution in [1.29, 1.82) is 0 Å². The lowest BCUT2D eigenvalue weighted by Gasteiger charge is -2.11. The molecule has 0 aliphatic heterocycles. The van der Waals surface area contributed by atoms with Gasteiger partial charge in [-0.3, -0.25) is 9.11 Å². The van der Waals surface area contributed by atoms with Crippen molar-refractivity contribution in [2.24, 2.45) is 0 Å². The number of hydrogen-bond acceptors (Lipinski definition) is 11. The van der Waals surface area contributed by atoms with Crippen LogP contribution in [0.3, 0.4) is 0 Å². The second-order valence-corrected chi connectivity index (χ2v) is 9.07. The van der Waals surface area contributed by atoms with Gasteiger partial charge in [-0.2, -0.15) is 31.8 Å². The molecule has 0 bridgehead atoms. The molecule has 3 aromatic rings. The molecule has 0 unspecified atom stereocenters. The number of aromatic nitrogens is 3. The highest BCUT2D eigenvalue weighted by Gasteiger charge is 2.17. The molecule has 0 fully saturated rings. The predicted octanol–water partition coefficient (Wildman–Crippen LogP) is 1.67. The molecule has 1 aromatic heterocycles. The van der Waals surface area contributed by atoms with Crippen molar-refractivity contribution in [3.63, 3.8) is 0 Å². The van der Waals surface area contributed by atoms with Gasteiger partial charge in [-0.25, -0.2) is 0 Å². The Morgan fingerprint density at radius 3 is 1.48 bits per heavy atom. The number of nitrogen functional groups attached to an aromatic ring is 2. The van der Waals surface area contributed by atoms with Crippen LogP contribution in [0.5, 0.6) is 0 Å². The third-order valence-electron chi connectivity index (χ3n) is 3.70. The van der Waals surface area contributed by atoms with Gasteiger partial charge < -0.3 is 22.1 Å². The van der Waals surface area contributed by atoms with E-state index < -0.39 is 30.0 Å². The number of anilines is 6. The summed E-state index contributed by atoms with van der Waals surface area (Å²) in [6.45, 7) is 0. The standard InChI is InChI=1S/C15H14ClN7O6S2/c16-13-21-14(19-7-1-3-9(17)11(5-7)30(24,25)26)23-15(22-13)20-8-2-4-10(18)12(6-8)31(27,28)29/h1-6H,17-18H2,(H,24,25,26)(H,27,28,29)(H2,19,20,21,22,23). The van der Waals surface area contributed by atoms with E-state index in [4.69, 9.17) is 23.1 Å². The van der Waals surface area contributed by atoms with E-state index in [0.717, 1.165) is 12.1 Å². The fourth-order valence-electron chi connectivity index (χ4n) is 2.39. The number of rotatable bonds is 6. The fraction of sp³-hybridized carbons (Fsp3) is 0. The zero-order chi connectivity index (χ0) is 23.0. The summed E-state index contributed by atoms with van der Waals surface area (Å²) in [5.74, 6) is -0.224. The predicted molar refractivity (Wildman–Crippen MR) is 113 cm³/mol. The number of nitrogens with two attached hydrogens (primary N) is 2. The van der Waals surface area contributed by atoms with Crippen LogP contribution in [-0.4, -0.2) is 40.9 Å². The Bertz CT molecular complexity index is 1280. The van der Waals surface area contributed by atoms with E-state index in [1.165, 1.54) is 24.3 Å². The molecule has 164 valence electrons.